The quantitative estimate of drug-likeness (QED) is 0.706. The number of rotatable bonds is 6. The zero-order valence-electron chi connectivity index (χ0n) is 15.3. The summed E-state index contributed by atoms with van der Waals surface area (Å²) in [5, 5.41) is 13.0. The van der Waals surface area contributed by atoms with Crippen LogP contribution in [0.25, 0.3) is 0 Å². The molecule has 25 heavy (non-hydrogen) atoms. The minimum Gasteiger partial charge on any atom is -0.508 e. The largest absolute Gasteiger partial charge is 0.508 e. The van der Waals surface area contributed by atoms with E-state index in [9.17, 15) is 5.11 Å². The lowest BCUT2D eigenvalue weighted by molar-refractivity contribution is 0.306. The van der Waals surface area contributed by atoms with Crippen molar-refractivity contribution in [2.75, 3.05) is 12.3 Å². The van der Waals surface area contributed by atoms with Crippen molar-refractivity contribution in [1.29, 1.82) is 0 Å². The number of hydrogen-bond acceptors (Lipinski definition) is 3. The minimum absolute atomic E-state index is 0.276. The van der Waals surface area contributed by atoms with Crippen LogP contribution in [0.15, 0.2) is 54.6 Å². The Morgan fingerprint density at radius 2 is 1.76 bits per heavy atom. The molecule has 2 N–H and O–H groups in total. The van der Waals surface area contributed by atoms with E-state index in [1.54, 1.807) is 12.1 Å². The molecular formula is C22H29NOS. The lowest BCUT2D eigenvalue weighted by Crippen LogP contribution is -2.41. The maximum Gasteiger partial charge on any atom is 0.115 e. The van der Waals surface area contributed by atoms with E-state index in [0.29, 0.717) is 10.5 Å². The normalized spacial score (nSPS) is 22.6. The van der Waals surface area contributed by atoms with Crippen LogP contribution in [0.5, 0.6) is 5.75 Å². The van der Waals surface area contributed by atoms with Crippen molar-refractivity contribution in [3.63, 3.8) is 0 Å². The van der Waals surface area contributed by atoms with Crippen molar-refractivity contribution in [1.82, 2.24) is 5.32 Å². The van der Waals surface area contributed by atoms with E-state index in [1.165, 1.54) is 36.1 Å². The molecule has 0 aliphatic carbocycles. The van der Waals surface area contributed by atoms with Gasteiger partial charge in [0.15, 0.2) is 0 Å². The first-order valence-electron chi connectivity index (χ1n) is 9.17. The molecule has 0 amide bonds. The first-order valence-corrected chi connectivity index (χ1v) is 10.2. The van der Waals surface area contributed by atoms with Gasteiger partial charge in [-0.1, -0.05) is 56.3 Å². The molecule has 1 fully saturated rings. The zero-order valence-corrected chi connectivity index (χ0v) is 16.1. The lowest BCUT2D eigenvalue weighted by atomic mass is 9.69. The molecule has 1 heterocycles. The Hall–Kier alpha value is -1.45. The maximum absolute atomic E-state index is 9.39. The molecular weight excluding hydrogens is 326 g/mol. The van der Waals surface area contributed by atoms with Gasteiger partial charge in [-0.3, -0.25) is 0 Å². The second-order valence-corrected chi connectivity index (χ2v) is 9.58. The second-order valence-electron chi connectivity index (χ2n) is 7.77. The first kappa shape index (κ1) is 18.3. The summed E-state index contributed by atoms with van der Waals surface area (Å²) >= 11 is 2.11. The van der Waals surface area contributed by atoms with E-state index in [4.69, 9.17) is 0 Å². The van der Waals surface area contributed by atoms with Gasteiger partial charge in [0.25, 0.3) is 0 Å². The molecule has 0 spiro atoms. The average molecular weight is 356 g/mol. The number of benzene rings is 2. The first-order chi connectivity index (χ1) is 12.0. The molecule has 1 aliphatic rings. The lowest BCUT2D eigenvalue weighted by Gasteiger charge is -2.45. The van der Waals surface area contributed by atoms with Gasteiger partial charge in [-0.15, -0.1) is 0 Å². The summed E-state index contributed by atoms with van der Waals surface area (Å²) in [6.07, 6.45) is 3.65. The van der Waals surface area contributed by atoms with Crippen molar-refractivity contribution in [3.05, 3.63) is 65.7 Å². The van der Waals surface area contributed by atoms with Crippen LogP contribution in [0.4, 0.5) is 0 Å². The molecule has 1 atom stereocenters. The molecule has 2 nitrogen and oxygen atoms in total. The molecule has 3 heteroatoms. The number of phenolic OH excluding ortho intramolecular Hbond substituents is 1. The summed E-state index contributed by atoms with van der Waals surface area (Å²) in [4.78, 5) is 0. The third kappa shape index (κ3) is 4.80. The molecule has 0 aromatic heterocycles. The molecule has 2 aromatic carbocycles. The Morgan fingerprint density at radius 1 is 1.04 bits per heavy atom. The molecule has 134 valence electrons. The van der Waals surface area contributed by atoms with Gasteiger partial charge in [-0.05, 0) is 60.2 Å². The Morgan fingerprint density at radius 3 is 2.44 bits per heavy atom. The van der Waals surface area contributed by atoms with E-state index in [1.807, 2.05) is 12.1 Å². The average Bonchev–Trinajstić information content (AvgIpc) is 2.60. The Bertz CT molecular complexity index is 668. The van der Waals surface area contributed by atoms with Crippen LogP contribution < -0.4 is 5.32 Å². The maximum atomic E-state index is 9.39. The van der Waals surface area contributed by atoms with Crippen molar-refractivity contribution in [2.45, 2.75) is 49.8 Å². The third-order valence-corrected chi connectivity index (χ3v) is 6.60. The summed E-state index contributed by atoms with van der Waals surface area (Å²) in [7, 11) is 0. The zero-order chi connectivity index (χ0) is 17.8. The van der Waals surface area contributed by atoms with Crippen molar-refractivity contribution >= 4 is 11.8 Å². The highest BCUT2D eigenvalue weighted by atomic mass is 32.2. The molecule has 1 aliphatic heterocycles. The molecule has 0 saturated carbocycles. The number of nitrogens with one attached hydrogen (secondary N) is 1. The van der Waals surface area contributed by atoms with Gasteiger partial charge >= 0.3 is 0 Å². The van der Waals surface area contributed by atoms with E-state index >= 15 is 0 Å². The highest BCUT2D eigenvalue weighted by Crippen LogP contribution is 2.49. The summed E-state index contributed by atoms with van der Waals surface area (Å²) in [5.74, 6) is 1.56. The predicted octanol–water partition coefficient (Wildman–Crippen LogP) is 5.12. The van der Waals surface area contributed by atoms with Crippen LogP contribution in [-0.2, 0) is 12.0 Å². The number of thioether (sulfide) groups is 1. The standard InChI is InChI=1S/C22H29NOS/c1-21(2)17-22(13-15-25-21,19-6-4-3-5-7-19)12-14-23-16-18-8-10-20(24)11-9-18/h3-11,23-24H,12-17H2,1-2H3. The second kappa shape index (κ2) is 7.84. The van der Waals surface area contributed by atoms with Crippen LogP contribution >= 0.6 is 11.8 Å². The van der Waals surface area contributed by atoms with Crippen LogP contribution in [0, 0.1) is 0 Å². The van der Waals surface area contributed by atoms with E-state index < -0.39 is 0 Å². The van der Waals surface area contributed by atoms with E-state index in [2.05, 4.69) is 61.3 Å². The number of hydrogen-bond donors (Lipinski definition) is 2. The predicted molar refractivity (Wildman–Crippen MR) is 108 cm³/mol. The highest BCUT2D eigenvalue weighted by Gasteiger charge is 2.41. The van der Waals surface area contributed by atoms with E-state index in [-0.39, 0.29) is 5.41 Å². The summed E-state index contributed by atoms with van der Waals surface area (Å²) in [6.45, 7) is 6.64. The summed E-state index contributed by atoms with van der Waals surface area (Å²) in [6, 6.07) is 18.6. The van der Waals surface area contributed by atoms with Crippen molar-refractivity contribution < 1.29 is 5.11 Å². The van der Waals surface area contributed by atoms with Gasteiger partial charge in [0.2, 0.25) is 0 Å². The van der Waals surface area contributed by atoms with Crippen molar-refractivity contribution in [2.24, 2.45) is 0 Å². The smallest absolute Gasteiger partial charge is 0.115 e. The fraction of sp³-hybridized carbons (Fsp3) is 0.455. The monoisotopic (exact) mass is 355 g/mol. The van der Waals surface area contributed by atoms with E-state index in [0.717, 1.165) is 13.1 Å². The molecule has 1 unspecified atom stereocenters. The number of phenols is 1. The molecule has 0 bridgehead atoms. The fourth-order valence-electron chi connectivity index (χ4n) is 4.05. The Kier molecular flexibility index (Phi) is 5.75. The molecule has 1 saturated heterocycles. The van der Waals surface area contributed by atoms with Gasteiger partial charge in [0, 0.05) is 11.3 Å². The van der Waals surface area contributed by atoms with Crippen LogP contribution in [0.2, 0.25) is 0 Å². The Labute approximate surface area is 156 Å². The summed E-state index contributed by atoms with van der Waals surface area (Å²) in [5.41, 5.74) is 2.98. The molecule has 0 radical (unpaired) electrons. The molecule has 2 aromatic rings. The Balaban J connectivity index is 1.65. The van der Waals surface area contributed by atoms with Gasteiger partial charge < -0.3 is 10.4 Å². The highest BCUT2D eigenvalue weighted by molar-refractivity contribution is 8.00. The third-order valence-electron chi connectivity index (χ3n) is 5.27. The SMILES string of the molecule is CC1(C)CC(CCNCc2ccc(O)cc2)(c2ccccc2)CCS1. The van der Waals surface area contributed by atoms with Gasteiger partial charge in [-0.25, -0.2) is 0 Å². The van der Waals surface area contributed by atoms with Crippen LogP contribution in [0.1, 0.15) is 44.2 Å². The summed E-state index contributed by atoms with van der Waals surface area (Å²) < 4.78 is 0.338. The minimum atomic E-state index is 0.276. The van der Waals surface area contributed by atoms with Gasteiger partial charge in [0.1, 0.15) is 5.75 Å². The fourth-order valence-corrected chi connectivity index (χ4v) is 5.47. The number of aromatic hydroxyl groups is 1. The van der Waals surface area contributed by atoms with Gasteiger partial charge in [0.05, 0.1) is 0 Å². The van der Waals surface area contributed by atoms with Crippen LogP contribution in [0.3, 0.4) is 0 Å². The van der Waals surface area contributed by atoms with Gasteiger partial charge in [-0.2, -0.15) is 11.8 Å². The van der Waals surface area contributed by atoms with Crippen molar-refractivity contribution in [3.8, 4) is 5.75 Å². The topological polar surface area (TPSA) is 32.3 Å². The molecule has 3 rings (SSSR count). The van der Waals surface area contributed by atoms with Crippen LogP contribution in [-0.4, -0.2) is 22.2 Å².